The molecule has 3 rings (SSSR count). The molecule has 1 atom stereocenters. The summed E-state index contributed by atoms with van der Waals surface area (Å²) in [4.78, 5) is 23.3. The fourth-order valence-electron chi connectivity index (χ4n) is 3.16. The number of aromatic carboxylic acids is 1. The Bertz CT molecular complexity index is 1040. The van der Waals surface area contributed by atoms with Crippen molar-refractivity contribution in [3.63, 3.8) is 0 Å². The van der Waals surface area contributed by atoms with E-state index in [-0.39, 0.29) is 5.56 Å². The van der Waals surface area contributed by atoms with Crippen LogP contribution >= 0.6 is 0 Å². The minimum absolute atomic E-state index is 0.196. The van der Waals surface area contributed by atoms with Gasteiger partial charge in [0.2, 0.25) is 0 Å². The smallest absolute Gasteiger partial charge is 0.336 e. The zero-order valence-electron chi connectivity index (χ0n) is 15.4. The highest BCUT2D eigenvalue weighted by molar-refractivity contribution is 6.01. The van der Waals surface area contributed by atoms with Crippen molar-refractivity contribution in [1.29, 1.82) is 0 Å². The predicted octanol–water partition coefficient (Wildman–Crippen LogP) is 5.16. The highest BCUT2D eigenvalue weighted by Gasteiger charge is 2.18. The van der Waals surface area contributed by atoms with Gasteiger partial charge >= 0.3 is 11.9 Å². The Labute approximate surface area is 163 Å². The highest BCUT2D eigenvalue weighted by Crippen LogP contribution is 2.31. The average molecular weight is 372 g/mol. The van der Waals surface area contributed by atoms with Crippen molar-refractivity contribution >= 4 is 23.6 Å². The molecule has 0 spiro atoms. The Morgan fingerprint density at radius 2 is 1.36 bits per heavy atom. The molecule has 0 saturated heterocycles. The first kappa shape index (κ1) is 19.1. The molecule has 0 aliphatic carbocycles. The highest BCUT2D eigenvalue weighted by atomic mass is 16.4. The van der Waals surface area contributed by atoms with Crippen molar-refractivity contribution in [2.45, 2.75) is 12.8 Å². The van der Waals surface area contributed by atoms with Crippen LogP contribution < -0.4 is 0 Å². The summed E-state index contributed by atoms with van der Waals surface area (Å²) in [5, 5.41) is 19.1. The van der Waals surface area contributed by atoms with E-state index in [9.17, 15) is 19.8 Å². The van der Waals surface area contributed by atoms with Crippen LogP contribution in [0.2, 0.25) is 0 Å². The molecule has 3 aromatic rings. The van der Waals surface area contributed by atoms with Crippen molar-refractivity contribution in [3.8, 4) is 0 Å². The van der Waals surface area contributed by atoms with E-state index in [1.54, 1.807) is 43.3 Å². The molecule has 0 saturated carbocycles. The van der Waals surface area contributed by atoms with Crippen LogP contribution in [0.3, 0.4) is 0 Å². The first-order valence-electron chi connectivity index (χ1n) is 8.90. The maximum atomic E-state index is 11.8. The number of hydrogen-bond donors (Lipinski definition) is 2. The van der Waals surface area contributed by atoms with Crippen LogP contribution in [0.1, 0.15) is 45.5 Å². The Hall–Kier alpha value is -3.66. The molecule has 0 aliphatic rings. The standard InChI is InChI=1S/C24H20O4/c1-16(23(25)26)19-12-6-5-11-18(19)15-22(17-9-3-2-4-10-17)20-13-7-8-14-21(20)24(27)28/h2-16H,1H3,(H,25,26)(H,27,28). The van der Waals surface area contributed by atoms with Crippen LogP contribution in [0, 0.1) is 0 Å². The monoisotopic (exact) mass is 372 g/mol. The molecule has 0 aromatic heterocycles. The van der Waals surface area contributed by atoms with Gasteiger partial charge in [-0.3, -0.25) is 4.79 Å². The van der Waals surface area contributed by atoms with Crippen molar-refractivity contribution < 1.29 is 19.8 Å². The zero-order chi connectivity index (χ0) is 20.1. The molecule has 0 aliphatic heterocycles. The van der Waals surface area contributed by atoms with Crippen LogP contribution in [0.4, 0.5) is 0 Å². The van der Waals surface area contributed by atoms with Crippen molar-refractivity contribution in [3.05, 3.63) is 107 Å². The lowest BCUT2D eigenvalue weighted by Crippen LogP contribution is -2.09. The fraction of sp³-hybridized carbons (Fsp3) is 0.0833. The van der Waals surface area contributed by atoms with Gasteiger partial charge in [0, 0.05) is 0 Å². The number of hydrogen-bond acceptors (Lipinski definition) is 2. The Kier molecular flexibility index (Phi) is 5.70. The normalized spacial score (nSPS) is 12.4. The van der Waals surface area contributed by atoms with Gasteiger partial charge in [0.05, 0.1) is 11.5 Å². The summed E-state index contributed by atoms with van der Waals surface area (Å²) in [7, 11) is 0. The molecule has 0 fully saturated rings. The number of carboxylic acids is 2. The van der Waals surface area contributed by atoms with Gasteiger partial charge < -0.3 is 10.2 Å². The molecular weight excluding hydrogens is 352 g/mol. The molecule has 140 valence electrons. The summed E-state index contributed by atoms with van der Waals surface area (Å²) in [5.74, 6) is -2.60. The molecule has 4 heteroatoms. The summed E-state index contributed by atoms with van der Waals surface area (Å²) in [6.45, 7) is 1.64. The van der Waals surface area contributed by atoms with Gasteiger partial charge in [0.1, 0.15) is 0 Å². The third-order valence-corrected chi connectivity index (χ3v) is 4.67. The molecule has 0 heterocycles. The minimum Gasteiger partial charge on any atom is -0.481 e. The maximum absolute atomic E-state index is 11.8. The second kappa shape index (κ2) is 8.35. The summed E-state index contributed by atoms with van der Waals surface area (Å²) in [6, 6.07) is 23.6. The lowest BCUT2D eigenvalue weighted by atomic mass is 9.89. The number of carbonyl (C=O) groups is 2. The second-order valence-corrected chi connectivity index (χ2v) is 6.46. The third-order valence-electron chi connectivity index (χ3n) is 4.67. The lowest BCUT2D eigenvalue weighted by molar-refractivity contribution is -0.138. The molecule has 1 unspecified atom stereocenters. The van der Waals surface area contributed by atoms with E-state index in [4.69, 9.17) is 0 Å². The minimum atomic E-state index is -1.01. The van der Waals surface area contributed by atoms with Crippen LogP contribution in [0.25, 0.3) is 11.6 Å². The topological polar surface area (TPSA) is 74.6 Å². The van der Waals surface area contributed by atoms with Gasteiger partial charge in [-0.15, -0.1) is 0 Å². The van der Waals surface area contributed by atoms with Crippen molar-refractivity contribution in [1.82, 2.24) is 0 Å². The molecule has 0 amide bonds. The van der Waals surface area contributed by atoms with Crippen LogP contribution in [-0.4, -0.2) is 22.2 Å². The van der Waals surface area contributed by atoms with E-state index in [0.29, 0.717) is 11.1 Å². The lowest BCUT2D eigenvalue weighted by Gasteiger charge is -2.15. The summed E-state index contributed by atoms with van der Waals surface area (Å²) in [6.07, 6.45) is 1.87. The summed E-state index contributed by atoms with van der Waals surface area (Å²) in [5.41, 5.74) is 3.78. The molecular formula is C24H20O4. The Morgan fingerprint density at radius 1 is 0.786 bits per heavy atom. The summed E-state index contributed by atoms with van der Waals surface area (Å²) >= 11 is 0. The molecule has 0 bridgehead atoms. The van der Waals surface area contributed by atoms with Gasteiger partial charge in [-0.05, 0) is 46.9 Å². The molecule has 28 heavy (non-hydrogen) atoms. The van der Waals surface area contributed by atoms with Crippen molar-refractivity contribution in [2.75, 3.05) is 0 Å². The first-order valence-corrected chi connectivity index (χ1v) is 8.90. The van der Waals surface area contributed by atoms with Gasteiger partial charge in [-0.1, -0.05) is 72.8 Å². The predicted molar refractivity (Wildman–Crippen MR) is 109 cm³/mol. The number of carboxylic acid groups (broad SMARTS) is 2. The number of benzene rings is 3. The average Bonchev–Trinajstić information content (AvgIpc) is 2.72. The summed E-state index contributed by atoms with van der Waals surface area (Å²) < 4.78 is 0. The van der Waals surface area contributed by atoms with E-state index in [2.05, 4.69) is 0 Å². The molecule has 3 aromatic carbocycles. The van der Waals surface area contributed by atoms with Gasteiger partial charge in [-0.25, -0.2) is 4.79 Å². The van der Waals surface area contributed by atoms with E-state index in [1.807, 2.05) is 48.5 Å². The van der Waals surface area contributed by atoms with Crippen LogP contribution in [0.15, 0.2) is 78.9 Å². The Balaban J connectivity index is 2.26. The van der Waals surface area contributed by atoms with E-state index >= 15 is 0 Å². The van der Waals surface area contributed by atoms with E-state index in [1.165, 1.54) is 0 Å². The number of aliphatic carboxylic acids is 1. The fourth-order valence-corrected chi connectivity index (χ4v) is 3.16. The van der Waals surface area contributed by atoms with E-state index < -0.39 is 17.9 Å². The van der Waals surface area contributed by atoms with Crippen LogP contribution in [-0.2, 0) is 4.79 Å². The maximum Gasteiger partial charge on any atom is 0.336 e. The van der Waals surface area contributed by atoms with E-state index in [0.717, 1.165) is 16.7 Å². The van der Waals surface area contributed by atoms with Gasteiger partial charge in [-0.2, -0.15) is 0 Å². The Morgan fingerprint density at radius 3 is 2.00 bits per heavy atom. The SMILES string of the molecule is CC(C(=O)O)c1ccccc1C=C(c1ccccc1)c1ccccc1C(=O)O. The van der Waals surface area contributed by atoms with Gasteiger partial charge in [0.25, 0.3) is 0 Å². The largest absolute Gasteiger partial charge is 0.481 e. The quantitative estimate of drug-likeness (QED) is 0.586. The zero-order valence-corrected chi connectivity index (χ0v) is 15.4. The third kappa shape index (κ3) is 4.01. The van der Waals surface area contributed by atoms with Gasteiger partial charge in [0.15, 0.2) is 0 Å². The van der Waals surface area contributed by atoms with Crippen LogP contribution in [0.5, 0.6) is 0 Å². The molecule has 2 N–H and O–H groups in total. The molecule has 0 radical (unpaired) electrons. The van der Waals surface area contributed by atoms with Crippen molar-refractivity contribution in [2.24, 2.45) is 0 Å². The first-order chi connectivity index (χ1) is 13.5. The molecule has 4 nitrogen and oxygen atoms in total. The second-order valence-electron chi connectivity index (χ2n) is 6.46. The number of rotatable bonds is 6.